The Morgan fingerprint density at radius 1 is 0.444 bits per heavy atom. The molecule has 0 bridgehead atoms. The van der Waals surface area contributed by atoms with Crippen LogP contribution >= 0.6 is 0 Å². The number of hydrogen-bond donors (Lipinski definition) is 3. The molecule has 27 nitrogen and oxygen atoms in total. The molecular weight excluding hydrogens is 1940 g/mol. The summed E-state index contributed by atoms with van der Waals surface area (Å²) in [5.74, 6) is -14.5. The van der Waals surface area contributed by atoms with Crippen LogP contribution in [-0.2, 0) is 94.7 Å². The molecule has 3 fully saturated rings. The van der Waals surface area contributed by atoms with Crippen molar-refractivity contribution in [1.82, 2.24) is 50.0 Å². The van der Waals surface area contributed by atoms with Gasteiger partial charge in [-0.2, -0.15) is 52.7 Å². The van der Waals surface area contributed by atoms with E-state index in [1.165, 1.54) is 113 Å². The maximum atomic E-state index is 15.2. The molecule has 0 aliphatic carbocycles. The van der Waals surface area contributed by atoms with Crippen LogP contribution in [0.25, 0.3) is 66.4 Å². The van der Waals surface area contributed by atoms with Crippen LogP contribution in [0.2, 0.25) is 0 Å². The lowest BCUT2D eigenvalue weighted by Crippen LogP contribution is -2.53. The number of amides is 3. The zero-order valence-corrected chi connectivity index (χ0v) is 75.9. The molecule has 3 N–H and O–H groups in total. The first kappa shape index (κ1) is 111. The Bertz CT molecular complexity index is 6900. The van der Waals surface area contributed by atoms with E-state index in [1.54, 1.807) is 15.9 Å². The normalized spacial score (nSPS) is 15.6. The van der Waals surface area contributed by atoms with Gasteiger partial charge in [-0.05, 0) is 123 Å². The first-order chi connectivity index (χ1) is 66.6. The highest BCUT2D eigenvalue weighted by Crippen LogP contribution is 2.43. The van der Waals surface area contributed by atoms with Gasteiger partial charge < -0.3 is 68.2 Å². The van der Waals surface area contributed by atoms with Crippen LogP contribution in [0.3, 0.4) is 0 Å². The number of methoxy groups -OCH3 is 3. The quantitative estimate of drug-likeness (QED) is 0.0342. The number of halogens is 18. The van der Waals surface area contributed by atoms with Crippen LogP contribution in [0.5, 0.6) is 0 Å². The standard InChI is InChI=1S/2C33H31F5N4O5.C30H23F8N5O4.3CH4/c1-17-12-23(33(36,37)38)27(31(44)41(17)3)22-8-7-19(21-6-5-9-39-29(21)22)13-26(32(45)46-4)40-30(43)28-24(34)14-20(15-25(28)35)42-10-11-47-16-18(42)2;1-17-12-23(33(36,37)38)27(31(44)41(17)3)22-8-7-19(21-6-5-9-39-29(21)22)13-26(32(45)46-4)40-30(43)28-24(34)14-20(15-25(28)35)42-10-11-47-18(2)16-42;1-46-28(45)21(41-27(44)24-19(31)12-16(13-20(24)32)43-9-10-47-14-23(43)30(36,37)38)11-15-4-5-18(25-17(15)3-2-7-39-25)26-40-8-6-22(42-26)29(33,34)35;;;/h2*5-9,12,14-15,18,26H,10-11,13,16H2,1-4H3,(H,40,43);2-8,12-13,21,23H,9-11,14H2,1H3,(H,41,44);3*1H4/t2*18-,26-;21-,23+;;;/m000.../s1. The SMILES string of the molecule is C.C.C.COC(=O)[C@H](Cc1ccc(-c2c(C(F)(F)F)cc(C)n(C)c2=O)c2ncccc12)NC(=O)c1c(F)cc(N2CCOC[C@@H]2C)cc1F.COC(=O)[C@H](Cc1ccc(-c2c(C(F)(F)F)cc(C)n(C)c2=O)c2ncccc12)NC(=O)c1c(F)cc(N2CCO[C@@H](C)C2)cc1F.COC(=O)[C@H](Cc1ccc(-c2nccc(C(F)(F)F)n2)c2ncccc12)NC(=O)c1c(F)cc(N2CCOC[C@@H]2C(F)(F)F)cc1F. The summed E-state index contributed by atoms with van der Waals surface area (Å²) in [4.78, 5) is 129. The summed E-state index contributed by atoms with van der Waals surface area (Å²) < 4.78 is 289. The Labute approximate surface area is 810 Å². The second-order valence-corrected chi connectivity index (χ2v) is 32.8. The second-order valence-electron chi connectivity index (χ2n) is 32.8. The number of rotatable bonds is 21. The average molecular weight is 2030 g/mol. The van der Waals surface area contributed by atoms with Crippen LogP contribution in [0.15, 0.2) is 162 Å². The lowest BCUT2D eigenvalue weighted by Gasteiger charge is -2.38. The van der Waals surface area contributed by atoms with Crippen molar-refractivity contribution < 1.29 is 136 Å². The third kappa shape index (κ3) is 24.3. The Hall–Kier alpha value is -14.6. The predicted octanol–water partition coefficient (Wildman–Crippen LogP) is 17.1. The monoisotopic (exact) mass is 2030 g/mol. The van der Waals surface area contributed by atoms with Crippen molar-refractivity contribution in [2.75, 3.05) is 95.2 Å². The number of carbonyl (C=O) groups excluding carboxylic acids is 6. The third-order valence-electron chi connectivity index (χ3n) is 23.8. The summed E-state index contributed by atoms with van der Waals surface area (Å²) in [6, 6.07) is 18.3. The summed E-state index contributed by atoms with van der Waals surface area (Å²) in [6.07, 6.45) is -15.3. The number of aromatic nitrogens is 7. The maximum Gasteiger partial charge on any atom is 0.433 e. The largest absolute Gasteiger partial charge is 0.467 e. The fourth-order valence-corrected chi connectivity index (χ4v) is 16.6. The first-order valence-electron chi connectivity index (χ1n) is 42.9. The molecule has 0 radical (unpaired) electrons. The van der Waals surface area contributed by atoms with Gasteiger partial charge in [0.25, 0.3) is 28.8 Å². The Balaban J connectivity index is 0.000000219. The van der Waals surface area contributed by atoms with Crippen molar-refractivity contribution in [2.24, 2.45) is 14.1 Å². The number of morpholine rings is 3. The van der Waals surface area contributed by atoms with Crippen molar-refractivity contribution in [3.63, 3.8) is 0 Å². The van der Waals surface area contributed by atoms with E-state index < -0.39 is 187 Å². The number of fused-ring (bicyclic) bond motifs is 3. The summed E-state index contributed by atoms with van der Waals surface area (Å²) in [7, 11) is 5.85. The fourth-order valence-electron chi connectivity index (χ4n) is 16.6. The van der Waals surface area contributed by atoms with Gasteiger partial charge in [-0.1, -0.05) is 70.8 Å². The molecule has 6 aromatic heterocycles. The van der Waals surface area contributed by atoms with E-state index in [0.29, 0.717) is 79.7 Å². The fraction of sp³-hybridized carbons (Fsp3) is 0.343. The van der Waals surface area contributed by atoms with Gasteiger partial charge in [0.05, 0.1) is 99.3 Å². The number of nitrogens with zero attached hydrogens (tertiary/aromatic N) is 10. The van der Waals surface area contributed by atoms with Crippen molar-refractivity contribution in [1.29, 1.82) is 0 Å². The Morgan fingerprint density at radius 3 is 1.17 bits per heavy atom. The zero-order chi connectivity index (χ0) is 103. The number of esters is 3. The minimum Gasteiger partial charge on any atom is -0.467 e. The van der Waals surface area contributed by atoms with Crippen LogP contribution in [0.4, 0.5) is 96.1 Å². The number of anilines is 3. The highest BCUT2D eigenvalue weighted by atomic mass is 19.4. The molecule has 12 aromatic rings. The van der Waals surface area contributed by atoms with E-state index >= 15 is 26.3 Å². The van der Waals surface area contributed by atoms with E-state index in [2.05, 4.69) is 40.9 Å². The molecule has 0 unspecified atom stereocenters. The molecule has 768 valence electrons. The smallest absolute Gasteiger partial charge is 0.433 e. The number of aryl methyl sites for hydroxylation is 2. The molecule has 3 aliphatic heterocycles. The number of benzene rings is 6. The van der Waals surface area contributed by atoms with E-state index in [4.69, 9.17) is 28.4 Å². The molecule has 144 heavy (non-hydrogen) atoms. The lowest BCUT2D eigenvalue weighted by molar-refractivity contribution is -0.167. The van der Waals surface area contributed by atoms with Gasteiger partial charge in [0.1, 0.15) is 81.5 Å². The molecule has 6 aromatic carbocycles. The lowest BCUT2D eigenvalue weighted by atomic mass is 9.93. The minimum absolute atomic E-state index is 0. The maximum absolute atomic E-state index is 15.2. The molecule has 6 atom stereocenters. The van der Waals surface area contributed by atoms with Gasteiger partial charge in [-0.25, -0.2) is 50.7 Å². The third-order valence-corrected chi connectivity index (χ3v) is 23.8. The van der Waals surface area contributed by atoms with Gasteiger partial charge in [-0.15, -0.1) is 0 Å². The predicted molar refractivity (Wildman–Crippen MR) is 496 cm³/mol. The number of hydrogen-bond acceptors (Lipinski definition) is 22. The highest BCUT2D eigenvalue weighted by Gasteiger charge is 2.47. The molecule has 3 saturated heterocycles. The average Bonchev–Trinajstić information content (AvgIpc) is 0.749. The Morgan fingerprint density at radius 2 is 0.806 bits per heavy atom. The summed E-state index contributed by atoms with van der Waals surface area (Å²) in [5.41, 5.74) is -7.94. The van der Waals surface area contributed by atoms with E-state index in [1.807, 2.05) is 13.8 Å². The summed E-state index contributed by atoms with van der Waals surface area (Å²) in [6.45, 7) is 7.51. The number of carbonyl (C=O) groups is 6. The van der Waals surface area contributed by atoms with E-state index in [-0.39, 0.29) is 139 Å². The van der Waals surface area contributed by atoms with E-state index in [0.717, 1.165) is 78.0 Å². The number of alkyl halides is 12. The Kier molecular flexibility index (Phi) is 35.4. The first-order valence-corrected chi connectivity index (χ1v) is 42.9. The van der Waals surface area contributed by atoms with Crippen molar-refractivity contribution >= 4 is 85.4 Å². The van der Waals surface area contributed by atoms with Crippen LogP contribution in [-0.4, -0.2) is 193 Å². The van der Waals surface area contributed by atoms with Crippen molar-refractivity contribution in [3.8, 4) is 33.6 Å². The van der Waals surface area contributed by atoms with Crippen molar-refractivity contribution in [2.45, 2.75) is 130 Å². The van der Waals surface area contributed by atoms with E-state index in [9.17, 15) is 91.0 Å². The van der Waals surface area contributed by atoms with Gasteiger partial charge in [0, 0.05) is 152 Å². The molecule has 3 amide bonds. The topological polar surface area (TPSA) is 312 Å². The van der Waals surface area contributed by atoms with Crippen LogP contribution in [0, 0.1) is 48.8 Å². The number of ether oxygens (including phenoxy) is 6. The van der Waals surface area contributed by atoms with Crippen LogP contribution in [0.1, 0.15) is 112 Å². The van der Waals surface area contributed by atoms with Gasteiger partial charge in [0.15, 0.2) is 5.82 Å². The summed E-state index contributed by atoms with van der Waals surface area (Å²) in [5, 5.41) is 7.77. The molecule has 9 heterocycles. The number of nitrogens with one attached hydrogen (secondary N) is 3. The van der Waals surface area contributed by atoms with Gasteiger partial charge in [0.2, 0.25) is 0 Å². The molecule has 0 spiro atoms. The minimum atomic E-state index is -4.85. The molecular formula is C99H97F18N13O14. The van der Waals surface area contributed by atoms with Gasteiger partial charge >= 0.3 is 42.6 Å². The molecule has 15 rings (SSSR count). The zero-order valence-electron chi connectivity index (χ0n) is 75.9. The number of pyridine rings is 5. The molecule has 3 aliphatic rings. The van der Waals surface area contributed by atoms with Crippen molar-refractivity contribution in [3.05, 3.63) is 269 Å². The summed E-state index contributed by atoms with van der Waals surface area (Å²) >= 11 is 0. The second kappa shape index (κ2) is 45.7. The molecule has 45 heteroatoms. The van der Waals surface area contributed by atoms with Crippen LogP contribution < -0.4 is 41.8 Å². The highest BCUT2D eigenvalue weighted by molar-refractivity contribution is 6.03. The molecule has 0 saturated carbocycles. The van der Waals surface area contributed by atoms with Gasteiger partial charge in [-0.3, -0.25) is 38.9 Å².